The number of hydrogen-bond donors (Lipinski definition) is 1. The van der Waals surface area contributed by atoms with Crippen molar-refractivity contribution in [3.8, 4) is 5.75 Å². The molecule has 0 bridgehead atoms. The van der Waals surface area contributed by atoms with Crippen LogP contribution in [0.2, 0.25) is 0 Å². The number of nitrogens with one attached hydrogen (secondary N) is 1. The number of pyridine rings is 1. The molecule has 0 saturated carbocycles. The Balaban J connectivity index is 2.27. The molecule has 0 fully saturated rings. The number of methoxy groups -OCH3 is 1. The number of hydrogen-bond acceptors (Lipinski definition) is 7. The van der Waals surface area contributed by atoms with Gasteiger partial charge in [-0.1, -0.05) is 11.8 Å². The van der Waals surface area contributed by atoms with Crippen LogP contribution in [-0.2, 0) is 24.1 Å². The summed E-state index contributed by atoms with van der Waals surface area (Å²) in [5, 5.41) is 14.3. The molecule has 118 valence electrons. The van der Waals surface area contributed by atoms with Gasteiger partial charge in [-0.05, 0) is 10.4 Å². The van der Waals surface area contributed by atoms with E-state index in [1.165, 1.54) is 35.8 Å². The average molecular weight is 324 g/mol. The summed E-state index contributed by atoms with van der Waals surface area (Å²) >= 11 is 1.37. The SMILES string of the molecule is CNC(=O)Cn1cc(OC)c(=O)cc1CSc1nnnn1C. The molecule has 0 unspecified atom stereocenters. The normalized spacial score (nSPS) is 10.5. The van der Waals surface area contributed by atoms with Crippen LogP contribution in [0.3, 0.4) is 0 Å². The number of aromatic nitrogens is 5. The molecular formula is C12H16N6O3S. The third-order valence-corrected chi connectivity index (χ3v) is 3.97. The third kappa shape index (κ3) is 3.64. The van der Waals surface area contributed by atoms with Crippen molar-refractivity contribution in [2.45, 2.75) is 17.5 Å². The van der Waals surface area contributed by atoms with Crippen LogP contribution in [0.15, 0.2) is 22.2 Å². The fourth-order valence-electron chi connectivity index (χ4n) is 1.73. The fraction of sp³-hybridized carbons (Fsp3) is 0.417. The van der Waals surface area contributed by atoms with Crippen LogP contribution >= 0.6 is 11.8 Å². The molecule has 0 spiro atoms. The minimum Gasteiger partial charge on any atom is -0.491 e. The molecule has 2 rings (SSSR count). The third-order valence-electron chi connectivity index (χ3n) is 2.93. The van der Waals surface area contributed by atoms with Gasteiger partial charge in [-0.15, -0.1) is 5.10 Å². The first-order valence-corrected chi connectivity index (χ1v) is 7.36. The van der Waals surface area contributed by atoms with Crippen LogP contribution in [0, 0.1) is 0 Å². The number of carbonyl (C=O) groups is 1. The summed E-state index contributed by atoms with van der Waals surface area (Å²) in [5.41, 5.74) is 0.449. The molecule has 0 radical (unpaired) electrons. The van der Waals surface area contributed by atoms with E-state index in [4.69, 9.17) is 4.74 Å². The number of tetrazole rings is 1. The predicted molar refractivity (Wildman–Crippen MR) is 79.7 cm³/mol. The molecule has 2 heterocycles. The van der Waals surface area contributed by atoms with Crippen molar-refractivity contribution in [2.24, 2.45) is 7.05 Å². The zero-order chi connectivity index (χ0) is 16.1. The topological polar surface area (TPSA) is 104 Å². The van der Waals surface area contributed by atoms with Crippen molar-refractivity contribution in [1.29, 1.82) is 0 Å². The standard InChI is InChI=1S/C12H16N6O3S/c1-13-11(20)6-18-5-10(21-3)9(19)4-8(18)7-22-12-14-15-16-17(12)2/h4-5H,6-7H2,1-3H3,(H,13,20). The number of rotatable bonds is 6. The van der Waals surface area contributed by atoms with Gasteiger partial charge in [-0.25, -0.2) is 4.68 Å². The first-order chi connectivity index (χ1) is 10.5. The van der Waals surface area contributed by atoms with Crippen LogP contribution in [-0.4, -0.2) is 44.8 Å². The van der Waals surface area contributed by atoms with Gasteiger partial charge in [0.2, 0.25) is 16.5 Å². The lowest BCUT2D eigenvalue weighted by Crippen LogP contribution is -2.26. The van der Waals surface area contributed by atoms with E-state index in [0.717, 1.165) is 0 Å². The Labute approximate surface area is 130 Å². The molecule has 0 atom stereocenters. The molecule has 0 aliphatic carbocycles. The lowest BCUT2D eigenvalue weighted by molar-refractivity contribution is -0.121. The van der Waals surface area contributed by atoms with E-state index in [1.807, 2.05) is 0 Å². The smallest absolute Gasteiger partial charge is 0.239 e. The quantitative estimate of drug-likeness (QED) is 0.709. The average Bonchev–Trinajstić information content (AvgIpc) is 2.92. The highest BCUT2D eigenvalue weighted by Gasteiger charge is 2.12. The predicted octanol–water partition coefficient (Wildman–Crippen LogP) is -0.581. The van der Waals surface area contributed by atoms with Gasteiger partial charge in [-0.3, -0.25) is 9.59 Å². The highest BCUT2D eigenvalue weighted by Crippen LogP contribution is 2.19. The van der Waals surface area contributed by atoms with Crippen LogP contribution < -0.4 is 15.5 Å². The molecular weight excluding hydrogens is 308 g/mol. The zero-order valence-electron chi connectivity index (χ0n) is 12.4. The van der Waals surface area contributed by atoms with Crippen LogP contribution in [0.25, 0.3) is 0 Å². The molecule has 2 aromatic rings. The molecule has 0 aliphatic heterocycles. The summed E-state index contributed by atoms with van der Waals surface area (Å²) in [6, 6.07) is 1.46. The van der Waals surface area contributed by atoms with Crippen LogP contribution in [0.4, 0.5) is 0 Å². The van der Waals surface area contributed by atoms with Crippen molar-refractivity contribution in [3.63, 3.8) is 0 Å². The minimum atomic E-state index is -0.234. The number of amides is 1. The summed E-state index contributed by atoms with van der Waals surface area (Å²) in [4.78, 5) is 23.5. The molecule has 1 amide bonds. The monoisotopic (exact) mass is 324 g/mol. The largest absolute Gasteiger partial charge is 0.491 e. The number of likely N-dealkylation sites (N-methyl/N-ethyl adjacent to an activating group) is 1. The zero-order valence-corrected chi connectivity index (χ0v) is 13.3. The lowest BCUT2D eigenvalue weighted by atomic mass is 10.3. The summed E-state index contributed by atoms with van der Waals surface area (Å²) in [6.07, 6.45) is 1.53. The van der Waals surface area contributed by atoms with Crippen molar-refractivity contribution in [1.82, 2.24) is 30.1 Å². The van der Waals surface area contributed by atoms with E-state index < -0.39 is 0 Å². The second-order valence-corrected chi connectivity index (χ2v) is 5.31. The Morgan fingerprint density at radius 2 is 2.27 bits per heavy atom. The fourth-order valence-corrected chi connectivity index (χ4v) is 2.58. The van der Waals surface area contributed by atoms with E-state index in [-0.39, 0.29) is 23.6 Å². The van der Waals surface area contributed by atoms with Crippen molar-refractivity contribution in [3.05, 3.63) is 28.2 Å². The summed E-state index contributed by atoms with van der Waals surface area (Å²) in [5.74, 6) is 0.472. The maximum Gasteiger partial charge on any atom is 0.239 e. The second kappa shape index (κ2) is 7.07. The maximum atomic E-state index is 11.9. The first kappa shape index (κ1) is 16.0. The molecule has 2 aromatic heterocycles. The lowest BCUT2D eigenvalue weighted by Gasteiger charge is -2.13. The van der Waals surface area contributed by atoms with Gasteiger partial charge < -0.3 is 14.6 Å². The summed E-state index contributed by atoms with van der Waals surface area (Å²) < 4.78 is 8.23. The Morgan fingerprint density at radius 1 is 1.50 bits per heavy atom. The van der Waals surface area contributed by atoms with E-state index in [0.29, 0.717) is 16.6 Å². The first-order valence-electron chi connectivity index (χ1n) is 6.38. The van der Waals surface area contributed by atoms with Gasteiger partial charge in [-0.2, -0.15) is 0 Å². The molecule has 0 saturated heterocycles. The van der Waals surface area contributed by atoms with E-state index in [2.05, 4.69) is 20.8 Å². The van der Waals surface area contributed by atoms with E-state index >= 15 is 0 Å². The minimum absolute atomic E-state index is 0.0973. The highest BCUT2D eigenvalue weighted by molar-refractivity contribution is 7.98. The molecule has 1 N–H and O–H groups in total. The van der Waals surface area contributed by atoms with Crippen molar-refractivity contribution >= 4 is 17.7 Å². The van der Waals surface area contributed by atoms with Gasteiger partial charge in [0.15, 0.2) is 5.75 Å². The van der Waals surface area contributed by atoms with Crippen LogP contribution in [0.1, 0.15) is 5.69 Å². The van der Waals surface area contributed by atoms with Gasteiger partial charge in [0.05, 0.1) is 13.3 Å². The number of carbonyl (C=O) groups excluding carboxylic acids is 1. The highest BCUT2D eigenvalue weighted by atomic mass is 32.2. The van der Waals surface area contributed by atoms with Crippen molar-refractivity contribution < 1.29 is 9.53 Å². The molecule has 0 aromatic carbocycles. The Bertz CT molecular complexity index is 726. The molecule has 22 heavy (non-hydrogen) atoms. The Kier molecular flexibility index (Phi) is 5.15. The van der Waals surface area contributed by atoms with Gasteiger partial charge >= 0.3 is 0 Å². The van der Waals surface area contributed by atoms with Gasteiger partial charge in [0.1, 0.15) is 6.54 Å². The number of nitrogens with zero attached hydrogens (tertiary/aromatic N) is 5. The molecule has 0 aliphatic rings. The van der Waals surface area contributed by atoms with E-state index in [9.17, 15) is 9.59 Å². The van der Waals surface area contributed by atoms with E-state index in [1.54, 1.807) is 18.7 Å². The number of thioether (sulfide) groups is 1. The maximum absolute atomic E-state index is 11.9. The van der Waals surface area contributed by atoms with Crippen LogP contribution in [0.5, 0.6) is 5.75 Å². The summed E-state index contributed by atoms with van der Waals surface area (Å²) in [7, 11) is 4.70. The molecule has 9 nitrogen and oxygen atoms in total. The summed E-state index contributed by atoms with van der Waals surface area (Å²) in [6.45, 7) is 0.0973. The Hall–Kier alpha value is -2.36. The number of ether oxygens (including phenoxy) is 1. The Morgan fingerprint density at radius 3 is 2.86 bits per heavy atom. The van der Waals surface area contributed by atoms with Gasteiger partial charge in [0.25, 0.3) is 0 Å². The van der Waals surface area contributed by atoms with Gasteiger partial charge in [0, 0.05) is 31.6 Å². The molecule has 10 heteroatoms. The number of aryl methyl sites for hydroxylation is 1. The second-order valence-electron chi connectivity index (χ2n) is 4.37. The van der Waals surface area contributed by atoms with Crippen molar-refractivity contribution in [2.75, 3.05) is 14.2 Å².